The lowest BCUT2D eigenvalue weighted by Crippen LogP contribution is -2.47. The number of rotatable bonds is 9. The number of amides is 1. The highest BCUT2D eigenvalue weighted by Gasteiger charge is 2.32. The highest BCUT2D eigenvalue weighted by Crippen LogP contribution is 2.28. The molecule has 28 heavy (non-hydrogen) atoms. The molecule has 0 aliphatic rings. The van der Waals surface area contributed by atoms with Crippen LogP contribution in [0.1, 0.15) is 18.9 Å². The molecule has 0 aliphatic heterocycles. The summed E-state index contributed by atoms with van der Waals surface area (Å²) in [6, 6.07) is 12.7. The Labute approximate surface area is 161 Å². The van der Waals surface area contributed by atoms with Gasteiger partial charge in [0.15, 0.2) is 0 Å². The lowest BCUT2D eigenvalue weighted by atomic mass is 9.88. The normalized spacial score (nSPS) is 12.5. The monoisotopic (exact) mass is 387 g/mol. The molecule has 0 radical (unpaired) electrons. The standard InChI is InChI=1S/C19H21N3O6/c1-19(11-18(24)25,13-6-5-7-14(10-13)28-2)21-17(23)12-20-15-8-3-4-9-16(15)22(26)27/h3-10,20H,11-12H2,1-2H3,(H,21,23)(H,24,25). The number of carboxylic acids is 1. The fraction of sp³-hybridized carbons (Fsp3) is 0.263. The Bertz CT molecular complexity index is 885. The van der Waals surface area contributed by atoms with E-state index < -0.39 is 22.3 Å². The summed E-state index contributed by atoms with van der Waals surface area (Å²) in [5, 5.41) is 25.8. The van der Waals surface area contributed by atoms with E-state index in [1.165, 1.54) is 25.3 Å². The maximum absolute atomic E-state index is 12.5. The molecule has 0 saturated carbocycles. The van der Waals surface area contributed by atoms with Crippen LogP contribution in [0.2, 0.25) is 0 Å². The van der Waals surface area contributed by atoms with Gasteiger partial charge in [0.2, 0.25) is 5.91 Å². The molecule has 148 valence electrons. The first-order valence-electron chi connectivity index (χ1n) is 8.40. The van der Waals surface area contributed by atoms with Crippen molar-refractivity contribution >= 4 is 23.3 Å². The Balaban J connectivity index is 2.17. The Morgan fingerprint density at radius 2 is 1.93 bits per heavy atom. The number of hydrogen-bond donors (Lipinski definition) is 3. The molecule has 3 N–H and O–H groups in total. The van der Waals surface area contributed by atoms with Crippen LogP contribution in [-0.4, -0.2) is 35.6 Å². The van der Waals surface area contributed by atoms with E-state index in [0.29, 0.717) is 11.3 Å². The molecular formula is C19H21N3O6. The lowest BCUT2D eigenvalue weighted by molar-refractivity contribution is -0.383. The van der Waals surface area contributed by atoms with Crippen LogP contribution in [0.15, 0.2) is 48.5 Å². The van der Waals surface area contributed by atoms with E-state index in [0.717, 1.165) is 0 Å². The topological polar surface area (TPSA) is 131 Å². The number of carbonyl (C=O) groups is 2. The Hall–Kier alpha value is -3.62. The largest absolute Gasteiger partial charge is 0.497 e. The number of carboxylic acid groups (broad SMARTS) is 1. The van der Waals surface area contributed by atoms with Crippen molar-refractivity contribution in [2.75, 3.05) is 19.0 Å². The summed E-state index contributed by atoms with van der Waals surface area (Å²) in [4.78, 5) is 34.3. The second-order valence-electron chi connectivity index (χ2n) is 6.31. The van der Waals surface area contributed by atoms with E-state index in [2.05, 4.69) is 10.6 Å². The number of nitro groups is 1. The molecule has 2 aromatic rings. The van der Waals surface area contributed by atoms with Crippen LogP contribution in [0.4, 0.5) is 11.4 Å². The van der Waals surface area contributed by atoms with Crippen LogP contribution in [0, 0.1) is 10.1 Å². The molecule has 0 aromatic heterocycles. The van der Waals surface area contributed by atoms with E-state index in [1.54, 1.807) is 37.3 Å². The molecule has 0 spiro atoms. The number of nitrogens with one attached hydrogen (secondary N) is 2. The number of carbonyl (C=O) groups excluding carboxylic acids is 1. The van der Waals surface area contributed by atoms with Crippen molar-refractivity contribution in [3.8, 4) is 5.75 Å². The van der Waals surface area contributed by atoms with E-state index in [1.807, 2.05) is 0 Å². The molecule has 1 unspecified atom stereocenters. The zero-order chi connectivity index (χ0) is 20.7. The van der Waals surface area contributed by atoms with Gasteiger partial charge in [0.05, 0.1) is 30.5 Å². The minimum Gasteiger partial charge on any atom is -0.497 e. The van der Waals surface area contributed by atoms with Crippen molar-refractivity contribution in [3.05, 3.63) is 64.2 Å². The first-order chi connectivity index (χ1) is 13.2. The third-order valence-electron chi connectivity index (χ3n) is 4.17. The number of anilines is 1. The zero-order valence-corrected chi connectivity index (χ0v) is 15.5. The SMILES string of the molecule is COc1cccc(C(C)(CC(=O)O)NC(=O)CNc2ccccc2[N+](=O)[O-])c1. The number of para-hydroxylation sites is 2. The number of methoxy groups -OCH3 is 1. The van der Waals surface area contributed by atoms with Crippen molar-refractivity contribution in [1.29, 1.82) is 0 Å². The number of nitro benzene ring substituents is 1. The lowest BCUT2D eigenvalue weighted by Gasteiger charge is -2.30. The van der Waals surface area contributed by atoms with Crippen molar-refractivity contribution in [2.24, 2.45) is 0 Å². The van der Waals surface area contributed by atoms with Gasteiger partial charge >= 0.3 is 5.97 Å². The minimum absolute atomic E-state index is 0.156. The predicted molar refractivity (Wildman–Crippen MR) is 102 cm³/mol. The number of aliphatic carboxylic acids is 1. The van der Waals surface area contributed by atoms with Crippen LogP contribution in [-0.2, 0) is 15.1 Å². The third-order valence-corrected chi connectivity index (χ3v) is 4.17. The summed E-state index contributed by atoms with van der Waals surface area (Å²) in [5.41, 5.74) is -0.587. The number of hydrogen-bond acceptors (Lipinski definition) is 6. The molecule has 2 rings (SSSR count). The number of benzene rings is 2. The molecular weight excluding hydrogens is 366 g/mol. The first-order valence-corrected chi connectivity index (χ1v) is 8.40. The average Bonchev–Trinajstić information content (AvgIpc) is 2.66. The summed E-state index contributed by atoms with van der Waals surface area (Å²) in [7, 11) is 1.49. The van der Waals surface area contributed by atoms with Gasteiger partial charge in [-0.25, -0.2) is 0 Å². The second kappa shape index (κ2) is 8.85. The summed E-state index contributed by atoms with van der Waals surface area (Å²) in [6.45, 7) is 1.34. The number of ether oxygens (including phenoxy) is 1. The van der Waals surface area contributed by atoms with Crippen LogP contribution in [0.5, 0.6) is 5.75 Å². The van der Waals surface area contributed by atoms with Crippen molar-refractivity contribution in [3.63, 3.8) is 0 Å². The molecule has 9 nitrogen and oxygen atoms in total. The molecule has 0 bridgehead atoms. The predicted octanol–water partition coefficient (Wildman–Crippen LogP) is 2.52. The molecule has 0 heterocycles. The van der Waals surface area contributed by atoms with E-state index in [4.69, 9.17) is 4.74 Å². The van der Waals surface area contributed by atoms with Crippen molar-refractivity contribution in [1.82, 2.24) is 5.32 Å². The smallest absolute Gasteiger partial charge is 0.306 e. The van der Waals surface area contributed by atoms with Crippen molar-refractivity contribution in [2.45, 2.75) is 18.9 Å². The van der Waals surface area contributed by atoms with E-state index >= 15 is 0 Å². The molecule has 9 heteroatoms. The highest BCUT2D eigenvalue weighted by atomic mass is 16.6. The van der Waals surface area contributed by atoms with Gasteiger partial charge < -0.3 is 20.5 Å². The van der Waals surface area contributed by atoms with E-state index in [-0.39, 0.29) is 24.3 Å². The number of nitrogens with zero attached hydrogens (tertiary/aromatic N) is 1. The summed E-state index contributed by atoms with van der Waals surface area (Å²) < 4.78 is 5.16. The fourth-order valence-corrected chi connectivity index (χ4v) is 2.80. The van der Waals surface area contributed by atoms with Gasteiger partial charge in [-0.3, -0.25) is 19.7 Å². The van der Waals surface area contributed by atoms with Crippen molar-refractivity contribution < 1.29 is 24.4 Å². The van der Waals surface area contributed by atoms with Gasteiger partial charge in [0.1, 0.15) is 11.4 Å². The van der Waals surface area contributed by atoms with Gasteiger partial charge in [-0.05, 0) is 30.7 Å². The summed E-state index contributed by atoms with van der Waals surface area (Å²) >= 11 is 0. The summed E-state index contributed by atoms with van der Waals surface area (Å²) in [6.07, 6.45) is -0.350. The van der Waals surface area contributed by atoms with E-state index in [9.17, 15) is 24.8 Å². The van der Waals surface area contributed by atoms with Crippen LogP contribution in [0.25, 0.3) is 0 Å². The minimum atomic E-state index is -1.19. The Morgan fingerprint density at radius 1 is 1.21 bits per heavy atom. The molecule has 1 amide bonds. The van der Waals surface area contributed by atoms with Gasteiger partial charge in [0.25, 0.3) is 5.69 Å². The molecule has 2 aromatic carbocycles. The average molecular weight is 387 g/mol. The van der Waals surface area contributed by atoms with Crippen LogP contribution in [0.3, 0.4) is 0 Å². The molecule has 1 atom stereocenters. The van der Waals surface area contributed by atoms with Gasteiger partial charge in [-0.2, -0.15) is 0 Å². The highest BCUT2D eigenvalue weighted by molar-refractivity contribution is 5.83. The Kier molecular flexibility index (Phi) is 6.54. The molecule has 0 fully saturated rings. The second-order valence-corrected chi connectivity index (χ2v) is 6.31. The van der Waals surface area contributed by atoms with Gasteiger partial charge in [-0.15, -0.1) is 0 Å². The Morgan fingerprint density at radius 3 is 2.57 bits per heavy atom. The van der Waals surface area contributed by atoms with Crippen LogP contribution < -0.4 is 15.4 Å². The van der Waals surface area contributed by atoms with Gasteiger partial charge in [-0.1, -0.05) is 24.3 Å². The van der Waals surface area contributed by atoms with Gasteiger partial charge in [0, 0.05) is 6.07 Å². The zero-order valence-electron chi connectivity index (χ0n) is 15.5. The van der Waals surface area contributed by atoms with Crippen LogP contribution >= 0.6 is 0 Å². The third kappa shape index (κ3) is 5.19. The first kappa shape index (κ1) is 20.7. The summed E-state index contributed by atoms with van der Waals surface area (Å²) in [5.74, 6) is -1.07. The molecule has 0 aliphatic carbocycles. The quantitative estimate of drug-likeness (QED) is 0.445. The fourth-order valence-electron chi connectivity index (χ4n) is 2.80. The molecule has 0 saturated heterocycles. The maximum atomic E-state index is 12.5. The maximum Gasteiger partial charge on any atom is 0.306 e.